The molecule has 2 N–H and O–H groups in total. The van der Waals surface area contributed by atoms with Crippen LogP contribution >= 0.6 is 0 Å². The average Bonchev–Trinajstić information content (AvgIpc) is 2.83. The largest absolute Gasteiger partial charge is 0.489 e. The number of pyridine rings is 1. The predicted molar refractivity (Wildman–Crippen MR) is 119 cm³/mol. The molecule has 0 saturated carbocycles. The summed E-state index contributed by atoms with van der Waals surface area (Å²) in [6, 6.07) is 30.1. The van der Waals surface area contributed by atoms with Gasteiger partial charge in [0.2, 0.25) is 5.88 Å². The van der Waals surface area contributed by atoms with Gasteiger partial charge in [0, 0.05) is 24.4 Å². The zero-order valence-corrected chi connectivity index (χ0v) is 16.7. The molecule has 1 heterocycles. The Hall–Kier alpha value is -3.63. The van der Waals surface area contributed by atoms with Gasteiger partial charge in [0.15, 0.2) is 0 Å². The Labute approximate surface area is 176 Å². The molecule has 0 atom stereocenters. The van der Waals surface area contributed by atoms with E-state index in [1.165, 1.54) is 0 Å². The molecular weight excluding hydrogens is 372 g/mol. The topological polar surface area (TPSA) is 57.4 Å². The van der Waals surface area contributed by atoms with E-state index >= 15 is 0 Å². The Morgan fingerprint density at radius 1 is 0.633 bits per heavy atom. The monoisotopic (exact) mass is 396 g/mol. The minimum absolute atomic E-state index is 0.446. The lowest BCUT2D eigenvalue weighted by Crippen LogP contribution is -2.00. The van der Waals surface area contributed by atoms with E-state index in [1.54, 1.807) is 0 Å². The molecule has 150 valence electrons. The quantitative estimate of drug-likeness (QED) is 0.435. The van der Waals surface area contributed by atoms with Crippen molar-refractivity contribution in [3.8, 4) is 22.8 Å². The van der Waals surface area contributed by atoms with Gasteiger partial charge in [-0.05, 0) is 46.5 Å². The van der Waals surface area contributed by atoms with Crippen molar-refractivity contribution >= 4 is 0 Å². The molecular formula is C26H24N2O2. The molecule has 30 heavy (non-hydrogen) atoms. The van der Waals surface area contributed by atoms with Crippen LogP contribution < -0.4 is 15.2 Å². The van der Waals surface area contributed by atoms with Gasteiger partial charge in [-0.15, -0.1) is 0 Å². The van der Waals surface area contributed by atoms with Gasteiger partial charge in [-0.25, -0.2) is 4.98 Å². The molecule has 0 bridgehead atoms. The molecule has 0 aliphatic rings. The van der Waals surface area contributed by atoms with Crippen molar-refractivity contribution in [2.45, 2.75) is 19.8 Å². The van der Waals surface area contributed by atoms with E-state index in [0.29, 0.717) is 25.6 Å². The molecule has 0 amide bonds. The van der Waals surface area contributed by atoms with E-state index in [-0.39, 0.29) is 0 Å². The van der Waals surface area contributed by atoms with E-state index in [9.17, 15) is 0 Å². The summed E-state index contributed by atoms with van der Waals surface area (Å²) in [5.74, 6) is 1.39. The van der Waals surface area contributed by atoms with Crippen LogP contribution in [0.25, 0.3) is 11.1 Å². The lowest BCUT2D eigenvalue weighted by molar-refractivity contribution is 0.294. The molecule has 4 aromatic rings. The third-order valence-corrected chi connectivity index (χ3v) is 4.75. The maximum atomic E-state index is 6.01. The molecule has 0 aliphatic carbocycles. The van der Waals surface area contributed by atoms with Crippen molar-refractivity contribution in [2.24, 2.45) is 5.73 Å². The number of nitrogens with two attached hydrogens (primary N) is 1. The van der Waals surface area contributed by atoms with Crippen LogP contribution in [-0.2, 0) is 19.8 Å². The SMILES string of the molecule is NCc1cc(OCc2ccccc2)cc(-c2ccc(OCc3ccccc3)nc2)c1. The highest BCUT2D eigenvalue weighted by Crippen LogP contribution is 2.27. The molecule has 0 unspecified atom stereocenters. The van der Waals surface area contributed by atoms with Gasteiger partial charge < -0.3 is 15.2 Å². The molecule has 4 rings (SSSR count). The molecule has 1 aromatic heterocycles. The summed E-state index contributed by atoms with van der Waals surface area (Å²) in [6.45, 7) is 1.45. The van der Waals surface area contributed by atoms with Gasteiger partial charge in [0.1, 0.15) is 19.0 Å². The first-order chi connectivity index (χ1) is 14.8. The van der Waals surface area contributed by atoms with Gasteiger partial charge in [-0.3, -0.25) is 0 Å². The number of aromatic nitrogens is 1. The van der Waals surface area contributed by atoms with Crippen molar-refractivity contribution < 1.29 is 9.47 Å². The summed E-state index contributed by atoms with van der Waals surface area (Å²) in [7, 11) is 0. The van der Waals surface area contributed by atoms with Gasteiger partial charge >= 0.3 is 0 Å². The molecule has 0 spiro atoms. The highest BCUT2D eigenvalue weighted by atomic mass is 16.5. The minimum Gasteiger partial charge on any atom is -0.489 e. The van der Waals surface area contributed by atoms with Crippen molar-refractivity contribution in [3.05, 3.63) is 114 Å². The Bertz CT molecular complexity index is 1070. The van der Waals surface area contributed by atoms with Crippen molar-refractivity contribution in [1.29, 1.82) is 0 Å². The Morgan fingerprint density at radius 2 is 1.30 bits per heavy atom. The zero-order chi connectivity index (χ0) is 20.6. The number of ether oxygens (including phenoxy) is 2. The number of hydrogen-bond donors (Lipinski definition) is 1. The van der Waals surface area contributed by atoms with Crippen LogP contribution in [0.2, 0.25) is 0 Å². The molecule has 3 aromatic carbocycles. The van der Waals surface area contributed by atoms with Crippen LogP contribution in [0.1, 0.15) is 16.7 Å². The van der Waals surface area contributed by atoms with E-state index in [0.717, 1.165) is 33.6 Å². The molecule has 0 aliphatic heterocycles. The Morgan fingerprint density at radius 3 is 1.90 bits per heavy atom. The molecule has 0 radical (unpaired) electrons. The van der Waals surface area contributed by atoms with E-state index in [4.69, 9.17) is 15.2 Å². The lowest BCUT2D eigenvalue weighted by atomic mass is 10.0. The Kier molecular flexibility index (Phi) is 6.38. The van der Waals surface area contributed by atoms with Crippen LogP contribution in [-0.4, -0.2) is 4.98 Å². The fourth-order valence-corrected chi connectivity index (χ4v) is 3.14. The third-order valence-electron chi connectivity index (χ3n) is 4.75. The van der Waals surface area contributed by atoms with Crippen LogP contribution in [0.5, 0.6) is 11.6 Å². The average molecular weight is 396 g/mol. The first-order valence-corrected chi connectivity index (χ1v) is 9.94. The Balaban J connectivity index is 1.47. The fraction of sp³-hybridized carbons (Fsp3) is 0.115. The summed E-state index contributed by atoms with van der Waals surface area (Å²) >= 11 is 0. The first-order valence-electron chi connectivity index (χ1n) is 9.94. The second-order valence-corrected chi connectivity index (χ2v) is 7.00. The zero-order valence-electron chi connectivity index (χ0n) is 16.7. The normalized spacial score (nSPS) is 10.6. The van der Waals surface area contributed by atoms with Gasteiger partial charge in [0.25, 0.3) is 0 Å². The maximum absolute atomic E-state index is 6.01. The van der Waals surface area contributed by atoms with E-state index in [2.05, 4.69) is 11.1 Å². The van der Waals surface area contributed by atoms with Gasteiger partial charge in [0.05, 0.1) is 0 Å². The summed E-state index contributed by atoms with van der Waals surface area (Å²) < 4.78 is 11.8. The van der Waals surface area contributed by atoms with Crippen molar-refractivity contribution in [1.82, 2.24) is 4.98 Å². The summed E-state index contributed by atoms with van der Waals surface area (Å²) in [5.41, 5.74) is 11.2. The van der Waals surface area contributed by atoms with Crippen LogP contribution in [0, 0.1) is 0 Å². The standard InChI is InChI=1S/C26H24N2O2/c27-16-22-13-24(15-25(14-22)29-18-20-7-3-1-4-8-20)23-11-12-26(28-17-23)30-19-21-9-5-2-6-10-21/h1-15,17H,16,18-19,27H2. The number of nitrogens with zero attached hydrogens (tertiary/aromatic N) is 1. The summed E-state index contributed by atoms with van der Waals surface area (Å²) in [6.07, 6.45) is 1.82. The van der Waals surface area contributed by atoms with Crippen molar-refractivity contribution in [3.63, 3.8) is 0 Å². The molecule has 0 saturated heterocycles. The van der Waals surface area contributed by atoms with Gasteiger partial charge in [-0.1, -0.05) is 60.7 Å². The van der Waals surface area contributed by atoms with E-state index < -0.39 is 0 Å². The highest BCUT2D eigenvalue weighted by Gasteiger charge is 2.06. The summed E-state index contributed by atoms with van der Waals surface area (Å²) in [5, 5.41) is 0. The summed E-state index contributed by atoms with van der Waals surface area (Å²) in [4.78, 5) is 4.45. The van der Waals surface area contributed by atoms with E-state index in [1.807, 2.05) is 91.1 Å². The molecule has 4 heteroatoms. The van der Waals surface area contributed by atoms with Gasteiger partial charge in [-0.2, -0.15) is 0 Å². The highest BCUT2D eigenvalue weighted by molar-refractivity contribution is 5.65. The third kappa shape index (κ3) is 5.25. The van der Waals surface area contributed by atoms with Crippen molar-refractivity contribution in [2.75, 3.05) is 0 Å². The second kappa shape index (κ2) is 9.72. The number of benzene rings is 3. The lowest BCUT2D eigenvalue weighted by Gasteiger charge is -2.11. The predicted octanol–water partition coefficient (Wildman–Crippen LogP) is 5.37. The fourth-order valence-electron chi connectivity index (χ4n) is 3.14. The maximum Gasteiger partial charge on any atom is 0.213 e. The van der Waals surface area contributed by atoms with Crippen LogP contribution in [0.15, 0.2) is 97.2 Å². The smallest absolute Gasteiger partial charge is 0.213 e. The number of hydrogen-bond acceptors (Lipinski definition) is 4. The number of rotatable bonds is 8. The molecule has 4 nitrogen and oxygen atoms in total. The second-order valence-electron chi connectivity index (χ2n) is 7.00. The van der Waals surface area contributed by atoms with Crippen LogP contribution in [0.3, 0.4) is 0 Å². The first kappa shape index (κ1) is 19.7. The minimum atomic E-state index is 0.446. The molecule has 0 fully saturated rings. The van der Waals surface area contributed by atoms with Crippen LogP contribution in [0.4, 0.5) is 0 Å².